The molecular formula is C12H18N2O. The summed E-state index contributed by atoms with van der Waals surface area (Å²) in [6.45, 7) is 2.47. The number of hydrogen-bond donors (Lipinski definition) is 1. The van der Waals surface area contributed by atoms with Crippen LogP contribution in [0.5, 0.6) is 0 Å². The van der Waals surface area contributed by atoms with E-state index in [1.807, 2.05) is 36.4 Å². The Labute approximate surface area is 90.9 Å². The van der Waals surface area contributed by atoms with Crippen molar-refractivity contribution in [2.45, 2.75) is 6.42 Å². The number of carbonyl (C=O) groups excluding carboxylic acids is 1. The molecule has 0 saturated carbocycles. The summed E-state index contributed by atoms with van der Waals surface area (Å²) in [6.07, 6.45) is 1.98. The number of amides is 1. The lowest BCUT2D eigenvalue weighted by atomic mass is 10.1. The van der Waals surface area contributed by atoms with Gasteiger partial charge in [0.2, 0.25) is 6.41 Å². The molecule has 2 rings (SSSR count). The van der Waals surface area contributed by atoms with E-state index < -0.39 is 0 Å². The third-order valence-electron chi connectivity index (χ3n) is 2.47. The lowest BCUT2D eigenvalue weighted by molar-refractivity contribution is -0.117. The summed E-state index contributed by atoms with van der Waals surface area (Å²) in [5.41, 5.74) is 5.41. The van der Waals surface area contributed by atoms with Gasteiger partial charge in [-0.2, -0.15) is 0 Å². The Balaban J connectivity index is 0.000000162. The van der Waals surface area contributed by atoms with Crippen LogP contribution < -0.4 is 5.73 Å². The molecular weight excluding hydrogens is 188 g/mol. The van der Waals surface area contributed by atoms with Crippen molar-refractivity contribution >= 4 is 6.41 Å². The standard InChI is InChI=1S/C6H12N2O.C6H6/c7-3-6-1-2-8(4-6)5-9;1-2-4-6-5-3-1/h5-6H,1-4,7H2;1-6H. The zero-order valence-electron chi connectivity index (χ0n) is 8.88. The Kier molecular flexibility index (Phi) is 5.48. The minimum absolute atomic E-state index is 0.551. The van der Waals surface area contributed by atoms with Crippen LogP contribution in [0.3, 0.4) is 0 Å². The predicted molar refractivity (Wildman–Crippen MR) is 61.2 cm³/mol. The van der Waals surface area contributed by atoms with Crippen LogP contribution >= 0.6 is 0 Å². The highest BCUT2D eigenvalue weighted by molar-refractivity contribution is 5.47. The highest BCUT2D eigenvalue weighted by atomic mass is 16.1. The largest absolute Gasteiger partial charge is 0.345 e. The van der Waals surface area contributed by atoms with E-state index in [1.54, 1.807) is 4.90 Å². The van der Waals surface area contributed by atoms with Crippen molar-refractivity contribution in [1.29, 1.82) is 0 Å². The number of hydrogen-bond acceptors (Lipinski definition) is 2. The number of likely N-dealkylation sites (tertiary alicyclic amines) is 1. The molecule has 2 N–H and O–H groups in total. The van der Waals surface area contributed by atoms with Gasteiger partial charge in [0.25, 0.3) is 0 Å². The molecule has 15 heavy (non-hydrogen) atoms. The topological polar surface area (TPSA) is 46.3 Å². The van der Waals surface area contributed by atoms with Gasteiger partial charge in [-0.15, -0.1) is 0 Å². The van der Waals surface area contributed by atoms with Gasteiger partial charge >= 0.3 is 0 Å². The molecule has 3 nitrogen and oxygen atoms in total. The van der Waals surface area contributed by atoms with Crippen molar-refractivity contribution in [3.63, 3.8) is 0 Å². The molecule has 82 valence electrons. The molecule has 1 amide bonds. The normalized spacial score (nSPS) is 19.3. The second kappa shape index (κ2) is 7.01. The Bertz CT molecular complexity index is 237. The van der Waals surface area contributed by atoms with E-state index in [2.05, 4.69) is 0 Å². The molecule has 1 aliphatic rings. The maximum Gasteiger partial charge on any atom is 0.209 e. The summed E-state index contributed by atoms with van der Waals surface area (Å²) in [7, 11) is 0. The van der Waals surface area contributed by atoms with Crippen LogP contribution in [0.4, 0.5) is 0 Å². The van der Waals surface area contributed by atoms with E-state index in [4.69, 9.17) is 5.73 Å². The van der Waals surface area contributed by atoms with E-state index in [1.165, 1.54) is 0 Å². The first-order valence-electron chi connectivity index (χ1n) is 5.26. The molecule has 1 heterocycles. The number of nitrogens with zero attached hydrogens (tertiary/aromatic N) is 1. The molecule has 0 radical (unpaired) electrons. The summed E-state index contributed by atoms with van der Waals surface area (Å²) in [4.78, 5) is 11.9. The van der Waals surface area contributed by atoms with Gasteiger partial charge in [0.15, 0.2) is 0 Å². The Hall–Kier alpha value is -1.35. The minimum Gasteiger partial charge on any atom is -0.345 e. The zero-order valence-corrected chi connectivity index (χ0v) is 8.88. The predicted octanol–water partition coefficient (Wildman–Crippen LogP) is 1.11. The average Bonchev–Trinajstić information content (AvgIpc) is 2.80. The van der Waals surface area contributed by atoms with Crippen molar-refractivity contribution in [1.82, 2.24) is 4.90 Å². The first-order valence-corrected chi connectivity index (χ1v) is 5.26. The molecule has 1 aromatic rings. The molecule has 1 unspecified atom stereocenters. The van der Waals surface area contributed by atoms with Gasteiger partial charge in [-0.25, -0.2) is 0 Å². The number of rotatable bonds is 2. The smallest absolute Gasteiger partial charge is 0.209 e. The van der Waals surface area contributed by atoms with Crippen LogP contribution in [-0.2, 0) is 4.79 Å². The van der Waals surface area contributed by atoms with Crippen LogP contribution in [-0.4, -0.2) is 30.9 Å². The highest BCUT2D eigenvalue weighted by Gasteiger charge is 2.18. The summed E-state index contributed by atoms with van der Waals surface area (Å²) in [5, 5.41) is 0. The minimum atomic E-state index is 0.551. The first kappa shape index (κ1) is 11.7. The van der Waals surface area contributed by atoms with Gasteiger partial charge in [-0.05, 0) is 18.9 Å². The van der Waals surface area contributed by atoms with Crippen LogP contribution in [0.2, 0.25) is 0 Å². The molecule has 0 aliphatic carbocycles. The summed E-state index contributed by atoms with van der Waals surface area (Å²) >= 11 is 0. The third kappa shape index (κ3) is 4.61. The third-order valence-corrected chi connectivity index (χ3v) is 2.47. The van der Waals surface area contributed by atoms with Gasteiger partial charge in [-0.1, -0.05) is 36.4 Å². The molecule has 0 bridgehead atoms. The fourth-order valence-electron chi connectivity index (χ4n) is 1.54. The number of nitrogens with two attached hydrogens (primary N) is 1. The molecule has 1 aromatic carbocycles. The SMILES string of the molecule is NCC1CCN(C=O)C1.c1ccccc1. The second-order valence-corrected chi connectivity index (χ2v) is 3.65. The Morgan fingerprint density at radius 1 is 1.20 bits per heavy atom. The Morgan fingerprint density at radius 3 is 2.00 bits per heavy atom. The van der Waals surface area contributed by atoms with Gasteiger partial charge in [-0.3, -0.25) is 4.79 Å². The van der Waals surface area contributed by atoms with Gasteiger partial charge in [0.05, 0.1) is 0 Å². The molecule has 1 saturated heterocycles. The van der Waals surface area contributed by atoms with E-state index in [0.29, 0.717) is 12.5 Å². The highest BCUT2D eigenvalue weighted by Crippen LogP contribution is 2.11. The van der Waals surface area contributed by atoms with Crippen molar-refractivity contribution in [3.8, 4) is 0 Å². The maximum atomic E-state index is 10.2. The van der Waals surface area contributed by atoms with E-state index >= 15 is 0 Å². The lowest BCUT2D eigenvalue weighted by Crippen LogP contribution is -2.21. The lowest BCUT2D eigenvalue weighted by Gasteiger charge is -2.06. The molecule has 0 aromatic heterocycles. The molecule has 1 atom stereocenters. The van der Waals surface area contributed by atoms with Crippen LogP contribution in [0.25, 0.3) is 0 Å². The summed E-state index contributed by atoms with van der Waals surface area (Å²) in [5.74, 6) is 0.551. The van der Waals surface area contributed by atoms with Gasteiger partial charge in [0.1, 0.15) is 0 Å². The molecule has 3 heteroatoms. The van der Waals surface area contributed by atoms with Crippen LogP contribution in [0, 0.1) is 5.92 Å². The average molecular weight is 206 g/mol. The monoisotopic (exact) mass is 206 g/mol. The van der Waals surface area contributed by atoms with Crippen LogP contribution in [0.15, 0.2) is 36.4 Å². The number of benzene rings is 1. The van der Waals surface area contributed by atoms with Crippen molar-refractivity contribution in [3.05, 3.63) is 36.4 Å². The van der Waals surface area contributed by atoms with Crippen molar-refractivity contribution < 1.29 is 4.79 Å². The molecule has 1 aliphatic heterocycles. The maximum absolute atomic E-state index is 10.2. The first-order chi connectivity index (χ1) is 7.36. The number of carbonyl (C=O) groups is 1. The van der Waals surface area contributed by atoms with Crippen molar-refractivity contribution in [2.75, 3.05) is 19.6 Å². The van der Waals surface area contributed by atoms with Crippen molar-refractivity contribution in [2.24, 2.45) is 11.7 Å². The van der Waals surface area contributed by atoms with Gasteiger partial charge < -0.3 is 10.6 Å². The Morgan fingerprint density at radius 2 is 1.73 bits per heavy atom. The summed E-state index contributed by atoms with van der Waals surface area (Å²) in [6, 6.07) is 12.0. The second-order valence-electron chi connectivity index (χ2n) is 3.65. The quantitative estimate of drug-likeness (QED) is 0.737. The molecule has 0 spiro atoms. The van der Waals surface area contributed by atoms with Gasteiger partial charge in [0, 0.05) is 13.1 Å². The molecule has 1 fully saturated rings. The fraction of sp³-hybridized carbons (Fsp3) is 0.417. The van der Waals surface area contributed by atoms with Crippen LogP contribution in [0.1, 0.15) is 6.42 Å². The van der Waals surface area contributed by atoms with E-state index in [0.717, 1.165) is 25.9 Å². The van der Waals surface area contributed by atoms with E-state index in [9.17, 15) is 4.79 Å². The summed E-state index contributed by atoms with van der Waals surface area (Å²) < 4.78 is 0. The zero-order chi connectivity index (χ0) is 10.9. The fourth-order valence-corrected chi connectivity index (χ4v) is 1.54. The van der Waals surface area contributed by atoms with E-state index in [-0.39, 0.29) is 0 Å².